The average molecular weight is 703 g/mol. The number of rotatable bonds is 10. The first-order valence-electron chi connectivity index (χ1n) is 15.8. The van der Waals surface area contributed by atoms with Gasteiger partial charge in [-0.05, 0) is 35.2 Å². The van der Waals surface area contributed by atoms with E-state index < -0.39 is 67.9 Å². The molecule has 0 aromatic heterocycles. The third kappa shape index (κ3) is 5.75. The highest BCUT2D eigenvalue weighted by Gasteiger charge is 2.51. The Balaban J connectivity index is 1.27. The lowest BCUT2D eigenvalue weighted by molar-refractivity contribution is -0.342. The number of carbonyl (C=O) groups is 1. The van der Waals surface area contributed by atoms with Crippen LogP contribution in [0.2, 0.25) is 0 Å². The number of aliphatic hydroxyl groups excluding tert-OH is 4. The number of esters is 1. The van der Waals surface area contributed by atoms with Crippen molar-refractivity contribution in [3.8, 4) is 39.9 Å². The van der Waals surface area contributed by atoms with E-state index in [0.717, 1.165) is 0 Å². The highest BCUT2D eigenvalue weighted by molar-refractivity contribution is 6.14. The Morgan fingerprint density at radius 3 is 2.22 bits per heavy atom. The van der Waals surface area contributed by atoms with Gasteiger partial charge < -0.3 is 72.5 Å². The topological polar surface area (TPSA) is 200 Å². The second-order valence-electron chi connectivity index (χ2n) is 12.0. The van der Waals surface area contributed by atoms with Gasteiger partial charge in [0.25, 0.3) is 0 Å². The molecule has 16 nitrogen and oxygen atoms in total. The summed E-state index contributed by atoms with van der Waals surface area (Å²) in [5.41, 5.74) is 1.70. The van der Waals surface area contributed by atoms with Gasteiger partial charge in [0.05, 0.1) is 33.0 Å². The molecule has 4 heterocycles. The Hall–Kier alpha value is -3.97. The van der Waals surface area contributed by atoms with E-state index in [4.69, 9.17) is 52.1 Å². The summed E-state index contributed by atoms with van der Waals surface area (Å²) in [7, 11) is 5.73. The van der Waals surface area contributed by atoms with E-state index in [1.54, 1.807) is 30.3 Å². The van der Waals surface area contributed by atoms with Crippen LogP contribution in [-0.4, -0.2) is 130 Å². The standard InChI is InChI=1S/C34H38O16/c1-40-20-8-15-16(9-21(20)41-2)28(17-11-44-32(39)25(17)24(15)14-5-6-19-22(7-14)47-13-46-19)49-33-27(38)26(37)30(23(10-35)48-33)50-34-31(43-4)29(42-3)18(36)12-45-34/h5-9,18,23,26-27,29-31,33-38H,10-13H2,1-4H3. The van der Waals surface area contributed by atoms with Crippen LogP contribution in [-0.2, 0) is 35.0 Å². The maximum absolute atomic E-state index is 13.4. The third-order valence-electron chi connectivity index (χ3n) is 9.37. The molecule has 0 bridgehead atoms. The number of cyclic esters (lactones) is 1. The van der Waals surface area contributed by atoms with E-state index in [2.05, 4.69) is 0 Å². The van der Waals surface area contributed by atoms with Crippen LogP contribution in [0, 0.1) is 0 Å². The predicted molar refractivity (Wildman–Crippen MR) is 168 cm³/mol. The maximum Gasteiger partial charge on any atom is 0.339 e. The lowest BCUT2D eigenvalue weighted by Crippen LogP contribution is -2.64. The molecule has 270 valence electrons. The minimum atomic E-state index is -1.73. The molecule has 7 rings (SSSR count). The van der Waals surface area contributed by atoms with Crippen molar-refractivity contribution in [1.29, 1.82) is 0 Å². The Labute approximate surface area is 285 Å². The van der Waals surface area contributed by atoms with E-state index in [0.29, 0.717) is 50.5 Å². The highest BCUT2D eigenvalue weighted by atomic mass is 16.7. The molecule has 0 amide bonds. The van der Waals surface area contributed by atoms with Crippen molar-refractivity contribution in [2.24, 2.45) is 0 Å². The molecule has 0 spiro atoms. The van der Waals surface area contributed by atoms with Crippen molar-refractivity contribution < 1.29 is 77.3 Å². The van der Waals surface area contributed by atoms with Gasteiger partial charge in [-0.3, -0.25) is 0 Å². The molecule has 9 atom stereocenters. The first-order chi connectivity index (χ1) is 24.2. The van der Waals surface area contributed by atoms with Gasteiger partial charge in [-0.25, -0.2) is 4.79 Å². The number of hydrogen-bond donors (Lipinski definition) is 4. The number of ether oxygens (including phenoxy) is 11. The second-order valence-corrected chi connectivity index (χ2v) is 12.0. The van der Waals surface area contributed by atoms with Gasteiger partial charge in [0, 0.05) is 30.7 Å². The van der Waals surface area contributed by atoms with Gasteiger partial charge in [-0.1, -0.05) is 6.07 Å². The lowest BCUT2D eigenvalue weighted by atomic mass is 9.89. The molecule has 50 heavy (non-hydrogen) atoms. The van der Waals surface area contributed by atoms with Gasteiger partial charge >= 0.3 is 5.97 Å². The number of aliphatic hydroxyl groups is 4. The molecule has 16 heteroatoms. The fourth-order valence-electron chi connectivity index (χ4n) is 6.89. The van der Waals surface area contributed by atoms with Gasteiger partial charge in [-0.2, -0.15) is 0 Å². The lowest BCUT2D eigenvalue weighted by Gasteiger charge is -2.45. The summed E-state index contributed by atoms with van der Waals surface area (Å²) in [5, 5.41) is 44.3. The molecule has 3 aromatic carbocycles. The number of carbonyl (C=O) groups excluding carboxylic acids is 1. The number of benzene rings is 3. The average Bonchev–Trinajstić information content (AvgIpc) is 3.77. The predicted octanol–water partition coefficient (Wildman–Crippen LogP) is 0.873. The molecule has 4 N–H and O–H groups in total. The molecule has 3 aromatic rings. The van der Waals surface area contributed by atoms with Crippen molar-refractivity contribution in [2.75, 3.05) is 48.4 Å². The van der Waals surface area contributed by atoms with Crippen LogP contribution in [0.3, 0.4) is 0 Å². The molecule has 0 aliphatic carbocycles. The van der Waals surface area contributed by atoms with Crippen LogP contribution >= 0.6 is 0 Å². The molecular weight excluding hydrogens is 664 g/mol. The zero-order valence-corrected chi connectivity index (χ0v) is 27.6. The van der Waals surface area contributed by atoms with Crippen LogP contribution in [0.25, 0.3) is 21.9 Å². The van der Waals surface area contributed by atoms with Crippen LogP contribution in [0.1, 0.15) is 15.9 Å². The first kappa shape index (κ1) is 34.5. The van der Waals surface area contributed by atoms with Crippen molar-refractivity contribution in [2.45, 2.75) is 61.9 Å². The second kappa shape index (κ2) is 14.0. The molecule has 9 unspecified atom stereocenters. The van der Waals surface area contributed by atoms with Crippen molar-refractivity contribution in [3.63, 3.8) is 0 Å². The van der Waals surface area contributed by atoms with Crippen LogP contribution in [0.5, 0.6) is 28.7 Å². The Bertz CT molecular complexity index is 1740. The van der Waals surface area contributed by atoms with Crippen molar-refractivity contribution in [3.05, 3.63) is 41.5 Å². The molecule has 4 aliphatic rings. The minimum absolute atomic E-state index is 0.0607. The van der Waals surface area contributed by atoms with Crippen LogP contribution in [0.15, 0.2) is 30.3 Å². The summed E-state index contributed by atoms with van der Waals surface area (Å²) in [4.78, 5) is 13.4. The molecule has 0 saturated carbocycles. The van der Waals surface area contributed by atoms with E-state index in [9.17, 15) is 25.2 Å². The SMILES string of the molecule is COc1cc2c(OC3OC(CO)C(OC4OCC(O)C(OC)C4OC)C(O)C3O)c3c(c(-c4ccc5c(c4)OCO5)c2cc1OC)C(=O)OC3. The molecule has 2 saturated heterocycles. The Kier molecular flexibility index (Phi) is 9.64. The van der Waals surface area contributed by atoms with Crippen LogP contribution < -0.4 is 23.7 Å². The quantitative estimate of drug-likeness (QED) is 0.217. The van der Waals surface area contributed by atoms with Gasteiger partial charge in [0.15, 0.2) is 29.3 Å². The number of methoxy groups -OCH3 is 4. The third-order valence-corrected chi connectivity index (χ3v) is 9.37. The molecular formula is C34H38O16. The van der Waals surface area contributed by atoms with Crippen molar-refractivity contribution in [1.82, 2.24) is 0 Å². The van der Waals surface area contributed by atoms with E-state index in [1.165, 1.54) is 28.4 Å². The van der Waals surface area contributed by atoms with E-state index in [-0.39, 0.29) is 31.3 Å². The van der Waals surface area contributed by atoms with Gasteiger partial charge in [-0.15, -0.1) is 0 Å². The highest BCUT2D eigenvalue weighted by Crippen LogP contribution is 2.50. The van der Waals surface area contributed by atoms with Crippen molar-refractivity contribution >= 4 is 16.7 Å². The largest absolute Gasteiger partial charge is 0.493 e. The first-order valence-corrected chi connectivity index (χ1v) is 15.8. The molecule has 0 radical (unpaired) electrons. The summed E-state index contributed by atoms with van der Waals surface area (Å²) >= 11 is 0. The van der Waals surface area contributed by atoms with Gasteiger partial charge in [0.1, 0.15) is 55.1 Å². The summed E-state index contributed by atoms with van der Waals surface area (Å²) in [6.07, 6.45) is -11.4. The molecule has 2 fully saturated rings. The fourth-order valence-corrected chi connectivity index (χ4v) is 6.89. The summed E-state index contributed by atoms with van der Waals surface area (Å²) in [6, 6.07) is 8.65. The number of hydrogen-bond acceptors (Lipinski definition) is 16. The van der Waals surface area contributed by atoms with E-state index >= 15 is 0 Å². The summed E-state index contributed by atoms with van der Waals surface area (Å²) < 4.78 is 62.7. The minimum Gasteiger partial charge on any atom is -0.493 e. The smallest absolute Gasteiger partial charge is 0.339 e. The fraction of sp³-hybridized carbons (Fsp3) is 0.500. The Morgan fingerprint density at radius 1 is 0.800 bits per heavy atom. The van der Waals surface area contributed by atoms with Crippen LogP contribution in [0.4, 0.5) is 0 Å². The Morgan fingerprint density at radius 2 is 1.52 bits per heavy atom. The zero-order chi connectivity index (χ0) is 35.3. The number of fused-ring (bicyclic) bond motifs is 3. The van der Waals surface area contributed by atoms with Gasteiger partial charge in [0.2, 0.25) is 13.1 Å². The summed E-state index contributed by atoms with van der Waals surface area (Å²) in [6.45, 7) is -0.912. The maximum atomic E-state index is 13.4. The molecule has 4 aliphatic heterocycles. The summed E-state index contributed by atoms with van der Waals surface area (Å²) in [5.74, 6) is 1.28. The monoisotopic (exact) mass is 702 g/mol. The van der Waals surface area contributed by atoms with E-state index in [1.807, 2.05) is 0 Å². The zero-order valence-electron chi connectivity index (χ0n) is 27.6. The normalized spacial score (nSPS) is 30.2.